The largest absolute Gasteiger partial charge is 0.534 e. The topological polar surface area (TPSA) is 361 Å². The van der Waals surface area contributed by atoms with Gasteiger partial charge in [-0.15, -0.1) is 0 Å². The number of hydrogen-bond acceptors (Lipinski definition) is 18. The molecular weight excluding hydrogens is 690 g/mol. The molecule has 11 N–H and O–H groups in total. The second-order valence-electron chi connectivity index (χ2n) is 10.7. The second-order valence-corrected chi connectivity index (χ2v) is 13.4. The van der Waals surface area contributed by atoms with Gasteiger partial charge in [0.1, 0.15) is 43.0 Å². The van der Waals surface area contributed by atoms with E-state index in [1.165, 1.54) is 9.13 Å². The van der Waals surface area contributed by atoms with Crippen LogP contribution < -0.4 is 22.6 Å². The highest BCUT2D eigenvalue weighted by molar-refractivity contribution is 7.52. The Morgan fingerprint density at radius 3 is 1.94 bits per heavy atom. The fourth-order valence-electron chi connectivity index (χ4n) is 5.35. The lowest BCUT2D eigenvalue weighted by Gasteiger charge is -2.24. The van der Waals surface area contributed by atoms with E-state index in [0.29, 0.717) is 0 Å². The van der Waals surface area contributed by atoms with Crippen molar-refractivity contribution in [2.45, 2.75) is 49.1 Å². The SMILES string of the molecule is Nc1nc2c(ncn2C2OC(CO)C(O)C2OCP(=O)(O)OCC2OC(n3cnc4c(=O)[nH]c(N)nc43)C(OC[P+](=O)O)C2O)c(=O)[nH]1. The molecule has 4 aromatic rings. The lowest BCUT2D eigenvalue weighted by Crippen LogP contribution is -2.36. The third-order valence-corrected chi connectivity index (χ3v) is 8.90. The minimum absolute atomic E-state index is 0.0540. The van der Waals surface area contributed by atoms with E-state index in [-0.39, 0.29) is 34.2 Å². The summed E-state index contributed by atoms with van der Waals surface area (Å²) in [6.07, 6.45) is -10.6. The second kappa shape index (κ2) is 13.3. The molecule has 24 nitrogen and oxygen atoms in total. The number of fused-ring (bicyclic) bond motifs is 2. The maximum absolute atomic E-state index is 13.1. The smallest absolute Gasteiger partial charge is 0.394 e. The van der Waals surface area contributed by atoms with Crippen LogP contribution in [-0.2, 0) is 32.6 Å². The highest BCUT2D eigenvalue weighted by Crippen LogP contribution is 2.45. The van der Waals surface area contributed by atoms with Gasteiger partial charge < -0.3 is 55.2 Å². The number of aliphatic hydroxyl groups excluding tert-OH is 3. The van der Waals surface area contributed by atoms with Crippen LogP contribution in [0.1, 0.15) is 12.5 Å². The van der Waals surface area contributed by atoms with Crippen molar-refractivity contribution in [2.24, 2.45) is 0 Å². The number of hydrogen-bond donors (Lipinski definition) is 9. The molecule has 4 aromatic heterocycles. The Morgan fingerprint density at radius 2 is 1.42 bits per heavy atom. The molecule has 260 valence electrons. The van der Waals surface area contributed by atoms with E-state index >= 15 is 0 Å². The molecule has 0 bridgehead atoms. The number of ether oxygens (including phenoxy) is 4. The Labute approximate surface area is 266 Å². The Balaban J connectivity index is 1.17. The summed E-state index contributed by atoms with van der Waals surface area (Å²) in [6.45, 7) is -1.41. The zero-order chi connectivity index (χ0) is 34.5. The molecule has 2 fully saturated rings. The number of nitrogens with two attached hydrogens (primary N) is 2. The molecule has 2 saturated heterocycles. The molecule has 6 rings (SSSR count). The van der Waals surface area contributed by atoms with E-state index in [9.17, 15) is 43.8 Å². The predicted molar refractivity (Wildman–Crippen MR) is 157 cm³/mol. The van der Waals surface area contributed by atoms with Crippen LogP contribution in [0.2, 0.25) is 0 Å². The molecule has 26 heteroatoms. The third kappa shape index (κ3) is 6.48. The highest BCUT2D eigenvalue weighted by Gasteiger charge is 2.49. The average Bonchev–Trinajstić information content (AvgIpc) is 3.77. The van der Waals surface area contributed by atoms with E-state index < -0.39 is 102 Å². The number of H-pyrrole nitrogens is 2. The van der Waals surface area contributed by atoms with Crippen LogP contribution >= 0.6 is 15.6 Å². The first-order valence-corrected chi connectivity index (χ1v) is 17.0. The molecule has 0 spiro atoms. The quantitative estimate of drug-likeness (QED) is 0.0642. The lowest BCUT2D eigenvalue weighted by molar-refractivity contribution is -0.0675. The number of nitrogens with zero attached hydrogens (tertiary/aromatic N) is 6. The first-order chi connectivity index (χ1) is 22.8. The molecule has 0 aliphatic carbocycles. The molecule has 10 unspecified atom stereocenters. The summed E-state index contributed by atoms with van der Waals surface area (Å²) in [6, 6.07) is 0. The molecule has 2 aliphatic heterocycles. The molecule has 0 radical (unpaired) electrons. The summed E-state index contributed by atoms with van der Waals surface area (Å²) in [7, 11) is -7.52. The van der Waals surface area contributed by atoms with Gasteiger partial charge in [-0.1, -0.05) is 0 Å². The fourth-order valence-corrected chi connectivity index (χ4v) is 6.46. The molecule has 2 aliphatic rings. The minimum Gasteiger partial charge on any atom is -0.394 e. The normalized spacial score (nSPS) is 29.1. The van der Waals surface area contributed by atoms with Gasteiger partial charge >= 0.3 is 15.6 Å². The van der Waals surface area contributed by atoms with Crippen LogP contribution in [0.5, 0.6) is 0 Å². The van der Waals surface area contributed by atoms with Gasteiger partial charge in [-0.2, -0.15) is 14.9 Å². The number of imidazole rings is 2. The Morgan fingerprint density at radius 1 is 0.917 bits per heavy atom. The van der Waals surface area contributed by atoms with E-state index in [1.54, 1.807) is 0 Å². The van der Waals surface area contributed by atoms with Crippen LogP contribution in [-0.4, -0.2) is 127 Å². The number of rotatable bonds is 12. The molecule has 0 aromatic carbocycles. The zero-order valence-electron chi connectivity index (χ0n) is 24.2. The van der Waals surface area contributed by atoms with Gasteiger partial charge in [0.05, 0.1) is 25.9 Å². The van der Waals surface area contributed by atoms with Gasteiger partial charge in [0.2, 0.25) is 11.9 Å². The van der Waals surface area contributed by atoms with Crippen molar-refractivity contribution in [1.82, 2.24) is 39.0 Å². The fraction of sp³-hybridized carbons (Fsp3) is 0.545. The van der Waals surface area contributed by atoms with Crippen molar-refractivity contribution >= 4 is 49.8 Å². The summed E-state index contributed by atoms with van der Waals surface area (Å²) in [4.78, 5) is 64.9. The van der Waals surface area contributed by atoms with Crippen molar-refractivity contribution in [3.63, 3.8) is 0 Å². The third-order valence-electron chi connectivity index (χ3n) is 7.50. The number of aliphatic hydroxyl groups is 3. The summed E-state index contributed by atoms with van der Waals surface area (Å²) in [5, 5.41) is 31.5. The van der Waals surface area contributed by atoms with Gasteiger partial charge in [-0.25, -0.2) is 9.97 Å². The molecule has 0 amide bonds. The maximum atomic E-state index is 13.1. The number of nitrogens with one attached hydrogen (secondary N) is 2. The van der Waals surface area contributed by atoms with Gasteiger partial charge in [0.15, 0.2) is 34.8 Å². The van der Waals surface area contributed by atoms with Gasteiger partial charge in [0.25, 0.3) is 17.5 Å². The predicted octanol–water partition coefficient (Wildman–Crippen LogP) is -3.45. The zero-order valence-corrected chi connectivity index (χ0v) is 26.0. The number of aromatic nitrogens is 8. The van der Waals surface area contributed by atoms with Crippen LogP contribution in [0.25, 0.3) is 22.3 Å². The number of aromatic amines is 2. The summed E-state index contributed by atoms with van der Waals surface area (Å²) < 4.78 is 54.5. The standard InChI is InChI=1S/C22H28N10O14P2/c23-21-27-15-9(17(36)29-21)25-3-31(15)19-13(42-5-47(38)39)12(35)8(46-19)2-44-48(40,41)6-43-14-11(34)7(1-33)45-20(14)32-4-26-10-16(32)28-22(24)30-18(10)37/h3-4,7-8,11-14,19-20,33-35H,1-2,5-6H2,(H7-,23,24,27,28,29,30,36,37,38,39,40,41)/p+1. The van der Waals surface area contributed by atoms with Crippen LogP contribution in [0.3, 0.4) is 0 Å². The van der Waals surface area contributed by atoms with Gasteiger partial charge in [-0.05, 0) is 4.57 Å². The number of nitrogen functional groups attached to an aromatic ring is 2. The van der Waals surface area contributed by atoms with Gasteiger partial charge in [0, 0.05) is 0 Å². The van der Waals surface area contributed by atoms with Crippen molar-refractivity contribution in [2.75, 3.05) is 37.4 Å². The first-order valence-electron chi connectivity index (χ1n) is 13.8. The van der Waals surface area contributed by atoms with Crippen LogP contribution in [0, 0.1) is 0 Å². The van der Waals surface area contributed by atoms with Gasteiger partial charge in [-0.3, -0.25) is 33.3 Å². The van der Waals surface area contributed by atoms with Crippen molar-refractivity contribution < 1.29 is 57.7 Å². The van der Waals surface area contributed by atoms with Crippen LogP contribution in [0.4, 0.5) is 11.9 Å². The molecule has 10 atom stereocenters. The Hall–Kier alpha value is -3.77. The summed E-state index contributed by atoms with van der Waals surface area (Å²) in [5.74, 6) is -0.505. The minimum atomic E-state index is -4.71. The molecule has 0 saturated carbocycles. The lowest BCUT2D eigenvalue weighted by atomic mass is 10.1. The number of anilines is 2. The summed E-state index contributed by atoms with van der Waals surface area (Å²) >= 11 is 0. The van der Waals surface area contributed by atoms with E-state index in [2.05, 4.69) is 29.9 Å². The van der Waals surface area contributed by atoms with Crippen molar-refractivity contribution in [1.29, 1.82) is 0 Å². The Bertz CT molecular complexity index is 2000. The Kier molecular flexibility index (Phi) is 9.43. The highest BCUT2D eigenvalue weighted by atomic mass is 31.2. The molecule has 48 heavy (non-hydrogen) atoms. The monoisotopic (exact) mass is 719 g/mol. The molecule has 6 heterocycles. The van der Waals surface area contributed by atoms with Crippen molar-refractivity contribution in [3.05, 3.63) is 33.4 Å². The van der Waals surface area contributed by atoms with E-state index in [4.69, 9.17) is 34.9 Å². The maximum Gasteiger partial charge on any atom is 0.534 e. The van der Waals surface area contributed by atoms with Crippen LogP contribution in [0.15, 0.2) is 22.2 Å². The average molecular weight is 719 g/mol. The first kappa shape index (κ1) is 34.1. The van der Waals surface area contributed by atoms with E-state index in [1.807, 2.05) is 0 Å². The van der Waals surface area contributed by atoms with Crippen molar-refractivity contribution in [3.8, 4) is 0 Å². The molecular formula is C22H29N10O14P2+. The summed E-state index contributed by atoms with van der Waals surface area (Å²) in [5.41, 5.74) is 9.58. The van der Waals surface area contributed by atoms with E-state index in [0.717, 1.165) is 12.7 Å².